The Bertz CT molecular complexity index is 777. The van der Waals surface area contributed by atoms with Crippen LogP contribution in [0, 0.1) is 0 Å². The van der Waals surface area contributed by atoms with Gasteiger partial charge in [0.2, 0.25) is 0 Å². The van der Waals surface area contributed by atoms with Gasteiger partial charge in [0.1, 0.15) is 5.75 Å². The van der Waals surface area contributed by atoms with E-state index in [2.05, 4.69) is 10.3 Å². The number of benzene rings is 2. The number of hydrogen-bond acceptors (Lipinski definition) is 2. The van der Waals surface area contributed by atoms with Gasteiger partial charge in [-0.3, -0.25) is 4.79 Å². The van der Waals surface area contributed by atoms with Gasteiger partial charge in [0.05, 0.1) is 18.2 Å². The van der Waals surface area contributed by atoms with Crippen molar-refractivity contribution in [3.05, 3.63) is 65.9 Å². The smallest absolute Gasteiger partial charge is 0.253 e. The van der Waals surface area contributed by atoms with Crippen LogP contribution in [0.4, 0.5) is 0 Å². The lowest BCUT2D eigenvalue weighted by atomic mass is 10.1. The lowest BCUT2D eigenvalue weighted by Crippen LogP contribution is -2.23. The average molecular weight is 280 g/mol. The Morgan fingerprint density at radius 1 is 1.14 bits per heavy atom. The number of aromatic nitrogens is 1. The van der Waals surface area contributed by atoms with E-state index >= 15 is 0 Å². The van der Waals surface area contributed by atoms with Gasteiger partial charge in [0.25, 0.3) is 5.91 Å². The van der Waals surface area contributed by atoms with E-state index in [4.69, 9.17) is 4.74 Å². The zero-order valence-corrected chi connectivity index (χ0v) is 11.7. The summed E-state index contributed by atoms with van der Waals surface area (Å²) in [5, 5.41) is 3.96. The molecule has 2 N–H and O–H groups in total. The number of aromatic amines is 1. The standard InChI is InChI=1S/C17H16N2O2/c1-21-15-8-3-2-5-13(15)11-19-17(20)14-7-4-6-12-9-10-18-16(12)14/h2-10,18H,11H2,1H3,(H,19,20). The maximum Gasteiger partial charge on any atom is 0.253 e. The predicted molar refractivity (Wildman–Crippen MR) is 82.5 cm³/mol. The van der Waals surface area contributed by atoms with Crippen molar-refractivity contribution in [3.8, 4) is 5.75 Å². The average Bonchev–Trinajstić information content (AvgIpc) is 3.01. The van der Waals surface area contributed by atoms with Crippen molar-refractivity contribution in [2.75, 3.05) is 7.11 Å². The summed E-state index contributed by atoms with van der Waals surface area (Å²) in [6.45, 7) is 0.430. The molecule has 0 fully saturated rings. The minimum absolute atomic E-state index is 0.103. The molecule has 21 heavy (non-hydrogen) atoms. The van der Waals surface area contributed by atoms with E-state index in [0.29, 0.717) is 12.1 Å². The molecule has 0 saturated heterocycles. The first-order valence-corrected chi connectivity index (χ1v) is 6.76. The maximum absolute atomic E-state index is 12.4. The summed E-state index contributed by atoms with van der Waals surface area (Å²) in [6, 6.07) is 15.3. The first kappa shape index (κ1) is 13.2. The topological polar surface area (TPSA) is 54.1 Å². The van der Waals surface area contributed by atoms with E-state index in [1.165, 1.54) is 0 Å². The van der Waals surface area contributed by atoms with Gasteiger partial charge in [-0.25, -0.2) is 0 Å². The molecule has 1 amide bonds. The van der Waals surface area contributed by atoms with Gasteiger partial charge in [0.15, 0.2) is 0 Å². The highest BCUT2D eigenvalue weighted by Crippen LogP contribution is 2.19. The fourth-order valence-electron chi connectivity index (χ4n) is 2.39. The highest BCUT2D eigenvalue weighted by Gasteiger charge is 2.11. The molecule has 0 spiro atoms. The van der Waals surface area contributed by atoms with Gasteiger partial charge in [-0.2, -0.15) is 0 Å². The normalized spacial score (nSPS) is 10.5. The van der Waals surface area contributed by atoms with Crippen LogP contribution in [0.2, 0.25) is 0 Å². The number of ether oxygens (including phenoxy) is 1. The van der Waals surface area contributed by atoms with Crippen molar-refractivity contribution in [2.45, 2.75) is 6.54 Å². The lowest BCUT2D eigenvalue weighted by Gasteiger charge is -2.10. The van der Waals surface area contributed by atoms with Gasteiger partial charge < -0.3 is 15.0 Å². The van der Waals surface area contributed by atoms with Crippen LogP contribution in [0.25, 0.3) is 10.9 Å². The summed E-state index contributed by atoms with van der Waals surface area (Å²) in [6.07, 6.45) is 1.83. The summed E-state index contributed by atoms with van der Waals surface area (Å²) in [5.74, 6) is 0.671. The van der Waals surface area contributed by atoms with Gasteiger partial charge >= 0.3 is 0 Å². The third-order valence-electron chi connectivity index (χ3n) is 3.46. The van der Waals surface area contributed by atoms with Crippen LogP contribution in [-0.4, -0.2) is 18.0 Å². The number of amides is 1. The lowest BCUT2D eigenvalue weighted by molar-refractivity contribution is 0.0952. The van der Waals surface area contributed by atoms with E-state index in [9.17, 15) is 4.79 Å². The van der Waals surface area contributed by atoms with Gasteiger partial charge in [-0.15, -0.1) is 0 Å². The van der Waals surface area contributed by atoms with Crippen molar-refractivity contribution >= 4 is 16.8 Å². The number of carbonyl (C=O) groups is 1. The summed E-state index contributed by atoms with van der Waals surface area (Å²) < 4.78 is 5.28. The Hall–Kier alpha value is -2.75. The molecule has 2 aromatic carbocycles. The fraction of sp³-hybridized carbons (Fsp3) is 0.118. The van der Waals surface area contributed by atoms with Crippen molar-refractivity contribution in [1.82, 2.24) is 10.3 Å². The second kappa shape index (κ2) is 5.71. The fourth-order valence-corrected chi connectivity index (χ4v) is 2.39. The SMILES string of the molecule is COc1ccccc1CNC(=O)c1cccc2cc[nH]c12. The second-order valence-corrected chi connectivity index (χ2v) is 4.74. The summed E-state index contributed by atoms with van der Waals surface area (Å²) >= 11 is 0. The van der Waals surface area contributed by atoms with E-state index in [1.54, 1.807) is 7.11 Å². The molecule has 1 aromatic heterocycles. The molecular weight excluding hydrogens is 264 g/mol. The molecule has 0 radical (unpaired) electrons. The van der Waals surface area contributed by atoms with Gasteiger partial charge in [-0.1, -0.05) is 30.3 Å². The molecule has 0 bridgehead atoms. The molecule has 106 valence electrons. The Balaban J connectivity index is 1.79. The Labute approximate surface area is 122 Å². The van der Waals surface area contributed by atoms with Crippen LogP contribution >= 0.6 is 0 Å². The van der Waals surface area contributed by atoms with E-state index in [-0.39, 0.29) is 5.91 Å². The van der Waals surface area contributed by atoms with Crippen LogP contribution in [0.3, 0.4) is 0 Å². The zero-order valence-electron chi connectivity index (χ0n) is 11.7. The molecule has 0 aliphatic carbocycles. The quantitative estimate of drug-likeness (QED) is 0.771. The molecule has 0 saturated carbocycles. The van der Waals surface area contributed by atoms with Crippen LogP contribution in [0.5, 0.6) is 5.75 Å². The summed E-state index contributed by atoms with van der Waals surface area (Å²) in [7, 11) is 1.63. The molecule has 4 heteroatoms. The molecule has 1 heterocycles. The molecule has 3 aromatic rings. The largest absolute Gasteiger partial charge is 0.496 e. The molecule has 0 aliphatic rings. The molecule has 3 rings (SSSR count). The van der Waals surface area contributed by atoms with Crippen molar-refractivity contribution in [1.29, 1.82) is 0 Å². The minimum Gasteiger partial charge on any atom is -0.496 e. The predicted octanol–water partition coefficient (Wildman–Crippen LogP) is 3.11. The summed E-state index contributed by atoms with van der Waals surface area (Å²) in [5.41, 5.74) is 2.45. The van der Waals surface area contributed by atoms with Crippen molar-refractivity contribution in [2.24, 2.45) is 0 Å². The number of fused-ring (bicyclic) bond motifs is 1. The zero-order chi connectivity index (χ0) is 14.7. The van der Waals surface area contributed by atoms with Crippen LogP contribution in [0.15, 0.2) is 54.7 Å². The second-order valence-electron chi connectivity index (χ2n) is 4.74. The Morgan fingerprint density at radius 2 is 2.00 bits per heavy atom. The number of carbonyl (C=O) groups excluding carboxylic acids is 1. The monoisotopic (exact) mass is 280 g/mol. The van der Waals surface area contributed by atoms with Crippen LogP contribution in [-0.2, 0) is 6.54 Å². The third-order valence-corrected chi connectivity index (χ3v) is 3.46. The molecule has 0 unspecified atom stereocenters. The van der Waals surface area contributed by atoms with E-state index in [0.717, 1.165) is 22.2 Å². The van der Waals surface area contributed by atoms with Crippen molar-refractivity contribution in [3.63, 3.8) is 0 Å². The number of hydrogen-bond donors (Lipinski definition) is 2. The number of para-hydroxylation sites is 2. The first-order chi connectivity index (χ1) is 10.3. The minimum atomic E-state index is -0.103. The van der Waals surface area contributed by atoms with E-state index < -0.39 is 0 Å². The van der Waals surface area contributed by atoms with Gasteiger partial charge in [-0.05, 0) is 18.2 Å². The number of rotatable bonds is 4. The Kier molecular flexibility index (Phi) is 3.60. The van der Waals surface area contributed by atoms with Crippen LogP contribution < -0.4 is 10.1 Å². The van der Waals surface area contributed by atoms with Crippen molar-refractivity contribution < 1.29 is 9.53 Å². The number of methoxy groups -OCH3 is 1. The summed E-state index contributed by atoms with van der Waals surface area (Å²) in [4.78, 5) is 15.5. The highest BCUT2D eigenvalue weighted by molar-refractivity contribution is 6.05. The van der Waals surface area contributed by atoms with E-state index in [1.807, 2.05) is 54.7 Å². The number of H-pyrrole nitrogens is 1. The number of nitrogens with one attached hydrogen (secondary N) is 2. The molecule has 0 atom stereocenters. The molecule has 0 aliphatic heterocycles. The molecular formula is C17H16N2O2. The molecule has 4 nitrogen and oxygen atoms in total. The van der Waals surface area contributed by atoms with Gasteiger partial charge in [0, 0.05) is 23.7 Å². The van der Waals surface area contributed by atoms with Crippen LogP contribution in [0.1, 0.15) is 15.9 Å². The maximum atomic E-state index is 12.4. The Morgan fingerprint density at radius 3 is 2.86 bits per heavy atom. The first-order valence-electron chi connectivity index (χ1n) is 6.76. The third kappa shape index (κ3) is 2.60. The highest BCUT2D eigenvalue weighted by atomic mass is 16.5.